The second-order valence-corrected chi connectivity index (χ2v) is 11.8. The molecule has 3 nitrogen and oxygen atoms in total. The molecule has 0 unspecified atom stereocenters. The highest BCUT2D eigenvalue weighted by Crippen LogP contribution is 2.29. The Morgan fingerprint density at radius 3 is 1.74 bits per heavy atom. The van der Waals surface area contributed by atoms with Gasteiger partial charge in [-0.25, -0.2) is 9.97 Å². The van der Waals surface area contributed by atoms with Gasteiger partial charge in [0.1, 0.15) is 5.75 Å². The number of nitrogens with zero attached hydrogens (tertiary/aromatic N) is 2. The van der Waals surface area contributed by atoms with Gasteiger partial charge in [0.2, 0.25) is 0 Å². The summed E-state index contributed by atoms with van der Waals surface area (Å²) in [5.41, 5.74) is 2.13. The lowest BCUT2D eigenvalue weighted by Gasteiger charge is -2.07. The third-order valence-corrected chi connectivity index (χ3v) is 8.45. The van der Waals surface area contributed by atoms with Crippen molar-refractivity contribution in [2.24, 2.45) is 0 Å². The molecular formula is C34H50N2OS. The van der Waals surface area contributed by atoms with E-state index in [0.29, 0.717) is 0 Å². The number of ether oxygens (including phenoxy) is 1. The van der Waals surface area contributed by atoms with Crippen LogP contribution in [0.25, 0.3) is 21.8 Å². The van der Waals surface area contributed by atoms with Gasteiger partial charge in [-0.1, -0.05) is 104 Å². The zero-order valence-electron chi connectivity index (χ0n) is 24.1. The fourth-order valence-corrected chi connectivity index (χ4v) is 5.86. The summed E-state index contributed by atoms with van der Waals surface area (Å²) < 4.78 is 5.91. The molecule has 3 aromatic rings. The van der Waals surface area contributed by atoms with Gasteiger partial charge in [0.25, 0.3) is 0 Å². The molecule has 0 amide bonds. The van der Waals surface area contributed by atoms with Crippen LogP contribution in [-0.4, -0.2) is 16.6 Å². The van der Waals surface area contributed by atoms with Crippen LogP contribution in [0.3, 0.4) is 0 Å². The van der Waals surface area contributed by atoms with Crippen LogP contribution in [0.1, 0.15) is 121 Å². The molecule has 4 heteroatoms. The molecule has 38 heavy (non-hydrogen) atoms. The highest BCUT2D eigenvalue weighted by molar-refractivity contribution is 7.15. The molecule has 0 radical (unpaired) electrons. The van der Waals surface area contributed by atoms with Crippen LogP contribution in [0.15, 0.2) is 48.8 Å². The average Bonchev–Trinajstić information content (AvgIpc) is 3.43. The summed E-state index contributed by atoms with van der Waals surface area (Å²) in [6.45, 7) is 5.33. The predicted octanol–water partition coefficient (Wildman–Crippen LogP) is 11.1. The third kappa shape index (κ3) is 11.7. The van der Waals surface area contributed by atoms with Crippen molar-refractivity contribution >= 4 is 11.3 Å². The number of hydrogen-bond acceptors (Lipinski definition) is 4. The van der Waals surface area contributed by atoms with E-state index in [-0.39, 0.29) is 0 Å². The average molecular weight is 535 g/mol. The van der Waals surface area contributed by atoms with Gasteiger partial charge in [0.15, 0.2) is 5.82 Å². The van der Waals surface area contributed by atoms with Crippen LogP contribution >= 0.6 is 11.3 Å². The largest absolute Gasteiger partial charge is 0.494 e. The minimum absolute atomic E-state index is 0.762. The first kappa shape index (κ1) is 30.3. The molecule has 0 atom stereocenters. The van der Waals surface area contributed by atoms with Gasteiger partial charge in [0, 0.05) is 33.3 Å². The number of rotatable bonds is 21. The van der Waals surface area contributed by atoms with E-state index >= 15 is 0 Å². The third-order valence-electron chi connectivity index (χ3n) is 7.25. The van der Waals surface area contributed by atoms with E-state index in [1.807, 2.05) is 35.9 Å². The van der Waals surface area contributed by atoms with Crippen molar-refractivity contribution in [3.05, 3.63) is 53.7 Å². The summed E-state index contributed by atoms with van der Waals surface area (Å²) >= 11 is 1.89. The summed E-state index contributed by atoms with van der Waals surface area (Å²) in [5.74, 6) is 1.69. The molecule has 1 aromatic carbocycles. The molecule has 0 saturated carbocycles. The summed E-state index contributed by atoms with van der Waals surface area (Å²) in [4.78, 5) is 12.0. The molecule has 0 fully saturated rings. The maximum absolute atomic E-state index is 5.91. The first-order chi connectivity index (χ1) is 18.8. The van der Waals surface area contributed by atoms with E-state index < -0.39 is 0 Å². The minimum atomic E-state index is 0.762. The second kappa shape index (κ2) is 19.0. The Bertz CT molecular complexity index is 980. The summed E-state index contributed by atoms with van der Waals surface area (Å²) in [6, 6.07) is 12.7. The molecule has 0 aliphatic heterocycles. The number of benzene rings is 1. The number of unbranched alkanes of at least 4 members (excludes halogenated alkanes) is 14. The van der Waals surface area contributed by atoms with Gasteiger partial charge in [-0.15, -0.1) is 11.3 Å². The van der Waals surface area contributed by atoms with Crippen molar-refractivity contribution in [3.63, 3.8) is 0 Å². The Kier molecular flexibility index (Phi) is 15.1. The lowest BCUT2D eigenvalue weighted by Crippen LogP contribution is -1.97. The van der Waals surface area contributed by atoms with Gasteiger partial charge in [-0.05, 0) is 55.7 Å². The summed E-state index contributed by atoms with van der Waals surface area (Å²) in [6.07, 6.45) is 26.7. The summed E-state index contributed by atoms with van der Waals surface area (Å²) in [7, 11) is 0. The molecule has 0 saturated heterocycles. The number of aromatic nitrogens is 2. The van der Waals surface area contributed by atoms with E-state index in [0.717, 1.165) is 35.7 Å². The second-order valence-electron chi connectivity index (χ2n) is 10.6. The number of thiophene rings is 1. The molecule has 2 aromatic heterocycles. The van der Waals surface area contributed by atoms with Gasteiger partial charge >= 0.3 is 0 Å². The van der Waals surface area contributed by atoms with E-state index in [1.165, 1.54) is 112 Å². The predicted molar refractivity (Wildman–Crippen MR) is 165 cm³/mol. The Morgan fingerprint density at radius 2 is 1.13 bits per heavy atom. The van der Waals surface area contributed by atoms with Crippen LogP contribution in [0.2, 0.25) is 0 Å². The maximum atomic E-state index is 5.91. The molecule has 0 aliphatic rings. The topological polar surface area (TPSA) is 35.0 Å². The van der Waals surface area contributed by atoms with E-state index in [2.05, 4.69) is 48.1 Å². The van der Waals surface area contributed by atoms with Gasteiger partial charge in [0.05, 0.1) is 6.61 Å². The van der Waals surface area contributed by atoms with Gasteiger partial charge < -0.3 is 4.74 Å². The molecular weight excluding hydrogens is 484 g/mol. The van der Waals surface area contributed by atoms with Crippen molar-refractivity contribution in [3.8, 4) is 27.6 Å². The maximum Gasteiger partial charge on any atom is 0.159 e. The van der Waals surface area contributed by atoms with Crippen LogP contribution < -0.4 is 4.74 Å². The standard InChI is InChI=1S/C34H50N2OS/c1-3-5-7-9-11-12-13-14-15-17-19-32-24-25-33(38-32)30-27-35-34(36-28-30)29-20-22-31(23-21-29)37-26-18-16-10-8-6-4-2/h20-25,27-28H,3-19,26H2,1-2H3. The minimum Gasteiger partial charge on any atom is -0.494 e. The van der Waals surface area contributed by atoms with Crippen LogP contribution in [0.5, 0.6) is 5.75 Å². The van der Waals surface area contributed by atoms with Crippen molar-refractivity contribution < 1.29 is 4.74 Å². The first-order valence-electron chi connectivity index (χ1n) is 15.4. The van der Waals surface area contributed by atoms with E-state index in [4.69, 9.17) is 4.74 Å². The Balaban J connectivity index is 1.34. The number of aryl methyl sites for hydroxylation is 1. The fourth-order valence-electron chi connectivity index (χ4n) is 4.83. The van der Waals surface area contributed by atoms with Crippen LogP contribution in [0.4, 0.5) is 0 Å². The zero-order valence-corrected chi connectivity index (χ0v) is 24.9. The monoisotopic (exact) mass is 534 g/mol. The normalized spacial score (nSPS) is 11.2. The van der Waals surface area contributed by atoms with Crippen molar-refractivity contribution in [1.82, 2.24) is 9.97 Å². The van der Waals surface area contributed by atoms with E-state index in [9.17, 15) is 0 Å². The quantitative estimate of drug-likeness (QED) is 0.127. The highest BCUT2D eigenvalue weighted by atomic mass is 32.1. The smallest absolute Gasteiger partial charge is 0.159 e. The fraction of sp³-hybridized carbons (Fsp3) is 0.588. The van der Waals surface area contributed by atoms with Crippen LogP contribution in [0, 0.1) is 0 Å². The molecule has 2 heterocycles. The highest BCUT2D eigenvalue weighted by Gasteiger charge is 2.07. The molecule has 208 valence electrons. The van der Waals surface area contributed by atoms with Crippen molar-refractivity contribution in [2.45, 2.75) is 123 Å². The zero-order chi connectivity index (χ0) is 26.7. The Hall–Kier alpha value is -2.20. The molecule has 3 rings (SSSR count). The SMILES string of the molecule is CCCCCCCCCCCCc1ccc(-c2cnc(-c3ccc(OCCCCCCCC)cc3)nc2)s1. The molecule has 0 N–H and O–H groups in total. The first-order valence-corrected chi connectivity index (χ1v) is 16.3. The lowest BCUT2D eigenvalue weighted by atomic mass is 10.1. The number of hydrogen-bond donors (Lipinski definition) is 0. The van der Waals surface area contributed by atoms with Gasteiger partial charge in [-0.3, -0.25) is 0 Å². The Labute approximate surface area is 236 Å². The van der Waals surface area contributed by atoms with Crippen molar-refractivity contribution in [1.29, 1.82) is 0 Å². The molecule has 0 bridgehead atoms. The van der Waals surface area contributed by atoms with Gasteiger partial charge in [-0.2, -0.15) is 0 Å². The van der Waals surface area contributed by atoms with Crippen molar-refractivity contribution in [2.75, 3.05) is 6.61 Å². The molecule has 0 aliphatic carbocycles. The molecule has 0 spiro atoms. The van der Waals surface area contributed by atoms with E-state index in [1.54, 1.807) is 0 Å². The van der Waals surface area contributed by atoms with Crippen LogP contribution in [-0.2, 0) is 6.42 Å². The lowest BCUT2D eigenvalue weighted by molar-refractivity contribution is 0.304. The summed E-state index contributed by atoms with van der Waals surface area (Å²) in [5, 5.41) is 0. The Morgan fingerprint density at radius 1 is 0.579 bits per heavy atom.